The van der Waals surface area contributed by atoms with Gasteiger partial charge in [-0.15, -0.1) is 0 Å². The molecule has 0 fully saturated rings. The summed E-state index contributed by atoms with van der Waals surface area (Å²) < 4.78 is 12.7. The molecule has 1 amide bonds. The Balaban J connectivity index is 2.00. The van der Waals surface area contributed by atoms with Crippen molar-refractivity contribution in [2.75, 3.05) is 20.3 Å². The van der Waals surface area contributed by atoms with Crippen LogP contribution >= 0.6 is 0 Å². The first-order valence-electron chi connectivity index (χ1n) is 8.15. The number of hydrogen-bond acceptors (Lipinski definition) is 4. The zero-order chi connectivity index (χ0) is 18.4. The third-order valence-electron chi connectivity index (χ3n) is 4.11. The number of aryl methyl sites for hydroxylation is 1. The molecule has 0 aliphatic heterocycles. The first kappa shape index (κ1) is 18.7. The fraction of sp³-hybridized carbons (Fsp3) is 0.368. The maximum atomic E-state index is 12.5. The summed E-state index contributed by atoms with van der Waals surface area (Å²) in [5.41, 5.74) is 8.25. The van der Waals surface area contributed by atoms with E-state index >= 15 is 0 Å². The molecule has 0 spiro atoms. The van der Waals surface area contributed by atoms with Gasteiger partial charge in [0.25, 0.3) is 0 Å². The first-order chi connectivity index (χ1) is 11.9. The minimum atomic E-state index is -0.497. The number of nitrogens with zero attached hydrogens (tertiary/aromatic N) is 1. The van der Waals surface area contributed by atoms with Gasteiger partial charge in [-0.2, -0.15) is 0 Å². The molecule has 0 saturated carbocycles. The Labute approximate surface area is 147 Å². The number of methoxy groups -OCH3 is 1. The van der Waals surface area contributed by atoms with Crippen LogP contribution in [0.5, 0.6) is 5.75 Å². The maximum Gasteiger partial charge on any atom is 0.248 e. The van der Waals surface area contributed by atoms with E-state index < -0.39 is 5.91 Å². The van der Waals surface area contributed by atoms with Gasteiger partial charge in [0, 0.05) is 42.8 Å². The highest BCUT2D eigenvalue weighted by molar-refractivity contribution is 5.98. The highest BCUT2D eigenvalue weighted by Crippen LogP contribution is 2.18. The van der Waals surface area contributed by atoms with Crippen LogP contribution in [0, 0.1) is 13.8 Å². The Morgan fingerprint density at radius 3 is 2.44 bits per heavy atom. The average Bonchev–Trinajstić information content (AvgIpc) is 2.88. The summed E-state index contributed by atoms with van der Waals surface area (Å²) in [4.78, 5) is 23.5. The standard InChI is InChI=1S/C19H24N2O4/c1-13-11-17(14(2)21(13)9-4-10-24-3)18(22)12-25-16-7-5-15(6-8-16)19(20)23/h5-8,11H,4,9-10,12H2,1-3H3,(H2,20,23). The van der Waals surface area contributed by atoms with Gasteiger partial charge in [-0.05, 0) is 50.6 Å². The number of amides is 1. The highest BCUT2D eigenvalue weighted by atomic mass is 16.5. The van der Waals surface area contributed by atoms with E-state index in [9.17, 15) is 9.59 Å². The molecule has 1 aromatic carbocycles. The number of aromatic nitrogens is 1. The van der Waals surface area contributed by atoms with Gasteiger partial charge >= 0.3 is 0 Å². The minimum absolute atomic E-state index is 0.0573. The Morgan fingerprint density at radius 2 is 1.84 bits per heavy atom. The average molecular weight is 344 g/mol. The second-order valence-electron chi connectivity index (χ2n) is 5.88. The van der Waals surface area contributed by atoms with Gasteiger partial charge in [0.1, 0.15) is 5.75 Å². The molecule has 1 aromatic heterocycles. The van der Waals surface area contributed by atoms with E-state index in [-0.39, 0.29) is 12.4 Å². The van der Waals surface area contributed by atoms with Crippen molar-refractivity contribution < 1.29 is 19.1 Å². The summed E-state index contributed by atoms with van der Waals surface area (Å²) >= 11 is 0. The van der Waals surface area contributed by atoms with Crippen molar-refractivity contribution in [3.8, 4) is 5.75 Å². The number of carbonyl (C=O) groups excluding carboxylic acids is 2. The largest absolute Gasteiger partial charge is 0.485 e. The normalized spacial score (nSPS) is 10.7. The molecule has 2 aromatic rings. The summed E-state index contributed by atoms with van der Waals surface area (Å²) in [6.45, 7) is 5.37. The molecule has 6 heteroatoms. The van der Waals surface area contributed by atoms with Gasteiger partial charge < -0.3 is 19.8 Å². The molecule has 0 unspecified atom stereocenters. The molecule has 1 heterocycles. The molecule has 134 valence electrons. The number of hydrogen-bond donors (Lipinski definition) is 1. The smallest absolute Gasteiger partial charge is 0.248 e. The number of ether oxygens (including phenoxy) is 2. The minimum Gasteiger partial charge on any atom is -0.485 e. The highest BCUT2D eigenvalue weighted by Gasteiger charge is 2.16. The van der Waals surface area contributed by atoms with Crippen molar-refractivity contribution in [2.24, 2.45) is 5.73 Å². The van der Waals surface area contributed by atoms with Gasteiger partial charge in [-0.3, -0.25) is 9.59 Å². The molecule has 0 aliphatic rings. The van der Waals surface area contributed by atoms with Crippen molar-refractivity contribution >= 4 is 11.7 Å². The summed E-state index contributed by atoms with van der Waals surface area (Å²) in [6, 6.07) is 8.29. The lowest BCUT2D eigenvalue weighted by Gasteiger charge is -2.09. The lowest BCUT2D eigenvalue weighted by molar-refractivity contribution is 0.0919. The van der Waals surface area contributed by atoms with Gasteiger partial charge in [-0.1, -0.05) is 0 Å². The fourth-order valence-corrected chi connectivity index (χ4v) is 2.74. The van der Waals surface area contributed by atoms with Gasteiger partial charge in [0.2, 0.25) is 11.7 Å². The number of ketones is 1. The summed E-state index contributed by atoms with van der Waals surface area (Å²) in [6.07, 6.45) is 0.892. The fourth-order valence-electron chi connectivity index (χ4n) is 2.74. The molecule has 0 aliphatic carbocycles. The van der Waals surface area contributed by atoms with E-state index in [2.05, 4.69) is 4.57 Å². The lowest BCUT2D eigenvalue weighted by atomic mass is 10.1. The van der Waals surface area contributed by atoms with Gasteiger partial charge in [0.05, 0.1) is 0 Å². The third-order valence-corrected chi connectivity index (χ3v) is 4.11. The van der Waals surface area contributed by atoms with Crippen LogP contribution in [0.4, 0.5) is 0 Å². The van der Waals surface area contributed by atoms with Crippen molar-refractivity contribution in [1.29, 1.82) is 0 Å². The topological polar surface area (TPSA) is 83.6 Å². The van der Waals surface area contributed by atoms with E-state index in [0.717, 1.165) is 24.4 Å². The lowest BCUT2D eigenvalue weighted by Crippen LogP contribution is -2.14. The molecule has 0 radical (unpaired) electrons. The molecular weight excluding hydrogens is 320 g/mol. The van der Waals surface area contributed by atoms with Crippen LogP contribution in [-0.2, 0) is 11.3 Å². The van der Waals surface area contributed by atoms with E-state index in [0.29, 0.717) is 23.5 Å². The van der Waals surface area contributed by atoms with E-state index in [1.165, 1.54) is 0 Å². The SMILES string of the molecule is COCCCn1c(C)cc(C(=O)COc2ccc(C(N)=O)cc2)c1C. The summed E-state index contributed by atoms with van der Waals surface area (Å²) in [5.74, 6) is -0.0548. The van der Waals surface area contributed by atoms with Gasteiger partial charge in [-0.25, -0.2) is 0 Å². The monoisotopic (exact) mass is 344 g/mol. The molecule has 0 atom stereocenters. The van der Waals surface area contributed by atoms with Crippen LogP contribution in [0.1, 0.15) is 38.5 Å². The number of carbonyl (C=O) groups is 2. The quantitative estimate of drug-likeness (QED) is 0.559. The first-order valence-corrected chi connectivity index (χ1v) is 8.15. The zero-order valence-electron chi connectivity index (χ0n) is 14.9. The van der Waals surface area contributed by atoms with Crippen LogP contribution in [0.25, 0.3) is 0 Å². The van der Waals surface area contributed by atoms with Crippen LogP contribution < -0.4 is 10.5 Å². The van der Waals surface area contributed by atoms with E-state index in [1.807, 2.05) is 19.9 Å². The molecular formula is C19H24N2O4. The Hall–Kier alpha value is -2.60. The molecule has 25 heavy (non-hydrogen) atoms. The second-order valence-corrected chi connectivity index (χ2v) is 5.88. The third kappa shape index (κ3) is 4.70. The van der Waals surface area contributed by atoms with E-state index in [4.69, 9.17) is 15.2 Å². The van der Waals surface area contributed by atoms with Crippen LogP contribution in [0.2, 0.25) is 0 Å². The summed E-state index contributed by atoms with van der Waals surface area (Å²) in [5, 5.41) is 0. The molecule has 0 saturated heterocycles. The molecule has 0 bridgehead atoms. The van der Waals surface area contributed by atoms with Crippen LogP contribution in [0.3, 0.4) is 0 Å². The van der Waals surface area contributed by atoms with Crippen molar-refractivity contribution in [1.82, 2.24) is 4.57 Å². The molecule has 2 N–H and O–H groups in total. The molecule has 2 rings (SSSR count). The number of nitrogens with two attached hydrogens (primary N) is 1. The Bertz CT molecular complexity index is 748. The van der Waals surface area contributed by atoms with Gasteiger partial charge in [0.15, 0.2) is 6.61 Å². The number of primary amides is 1. The number of Topliss-reactive ketones (excluding diaryl/α,β-unsaturated/α-hetero) is 1. The van der Waals surface area contributed by atoms with Crippen LogP contribution in [0.15, 0.2) is 30.3 Å². The Kier molecular flexibility index (Phi) is 6.36. The zero-order valence-corrected chi connectivity index (χ0v) is 14.9. The van der Waals surface area contributed by atoms with Crippen molar-refractivity contribution in [2.45, 2.75) is 26.8 Å². The Morgan fingerprint density at radius 1 is 1.16 bits per heavy atom. The maximum absolute atomic E-state index is 12.5. The van der Waals surface area contributed by atoms with Crippen LogP contribution in [-0.4, -0.2) is 36.6 Å². The summed E-state index contributed by atoms with van der Waals surface area (Å²) in [7, 11) is 1.68. The number of rotatable bonds is 9. The predicted octanol–water partition coefficient (Wildman–Crippen LogP) is 2.50. The second kappa shape index (κ2) is 8.48. The van der Waals surface area contributed by atoms with E-state index in [1.54, 1.807) is 31.4 Å². The molecule has 6 nitrogen and oxygen atoms in total. The van der Waals surface area contributed by atoms with Crippen molar-refractivity contribution in [3.05, 3.63) is 52.8 Å². The number of benzene rings is 1. The van der Waals surface area contributed by atoms with Crippen molar-refractivity contribution in [3.63, 3.8) is 0 Å². The predicted molar refractivity (Wildman–Crippen MR) is 95.2 cm³/mol.